The number of hydrogen-bond donors (Lipinski definition) is 1. The van der Waals surface area contributed by atoms with Crippen LogP contribution in [-0.4, -0.2) is 61.0 Å². The monoisotopic (exact) mass is 494 g/mol. The summed E-state index contributed by atoms with van der Waals surface area (Å²) in [6, 6.07) is 12.8. The Morgan fingerprint density at radius 1 is 1.17 bits per heavy atom. The van der Waals surface area contributed by atoms with Crippen LogP contribution in [0.25, 0.3) is 21.3 Å². The molecule has 0 atom stereocenters. The second-order valence-electron chi connectivity index (χ2n) is 8.44. The van der Waals surface area contributed by atoms with Gasteiger partial charge in [0, 0.05) is 37.7 Å². The third-order valence-electron chi connectivity index (χ3n) is 5.80. The molecule has 0 saturated carbocycles. The van der Waals surface area contributed by atoms with Gasteiger partial charge < -0.3 is 19.5 Å². The summed E-state index contributed by atoms with van der Waals surface area (Å²) in [7, 11) is 4.95. The summed E-state index contributed by atoms with van der Waals surface area (Å²) in [6.07, 6.45) is 2.45. The second-order valence-corrected chi connectivity index (χ2v) is 9.42. The highest BCUT2D eigenvalue weighted by Gasteiger charge is 2.27. The van der Waals surface area contributed by atoms with Crippen molar-refractivity contribution in [3.05, 3.63) is 71.3 Å². The SMILES string of the molecule is COC(=O)CN(CCc1c[nH]c2ccccc12)C(=O)c1nc(N(C)C)sc1-c1ccc(C)c(F)c1. The van der Waals surface area contributed by atoms with E-state index in [2.05, 4.69) is 9.97 Å². The van der Waals surface area contributed by atoms with Crippen molar-refractivity contribution in [3.63, 3.8) is 0 Å². The number of fused-ring (bicyclic) bond motifs is 1. The Kier molecular flexibility index (Phi) is 7.16. The predicted octanol–water partition coefficient (Wildman–Crippen LogP) is 4.66. The Hall–Kier alpha value is -3.72. The Labute approximate surface area is 207 Å². The van der Waals surface area contributed by atoms with Crippen molar-refractivity contribution in [3.8, 4) is 10.4 Å². The van der Waals surface area contributed by atoms with E-state index in [1.807, 2.05) is 44.6 Å². The largest absolute Gasteiger partial charge is 0.468 e. The minimum Gasteiger partial charge on any atom is -0.468 e. The number of methoxy groups -OCH3 is 1. The first kappa shape index (κ1) is 24.4. The van der Waals surface area contributed by atoms with Crippen LogP contribution in [0.5, 0.6) is 0 Å². The molecule has 0 aliphatic carbocycles. The van der Waals surface area contributed by atoms with E-state index < -0.39 is 11.9 Å². The molecule has 1 N–H and O–H groups in total. The number of ether oxygens (including phenoxy) is 1. The number of aromatic nitrogens is 2. The maximum atomic E-state index is 14.4. The summed E-state index contributed by atoms with van der Waals surface area (Å²) < 4.78 is 19.2. The van der Waals surface area contributed by atoms with E-state index in [0.29, 0.717) is 27.6 Å². The van der Waals surface area contributed by atoms with Crippen LogP contribution in [-0.2, 0) is 16.0 Å². The number of para-hydroxylation sites is 1. The molecule has 182 valence electrons. The van der Waals surface area contributed by atoms with Gasteiger partial charge in [0.1, 0.15) is 18.1 Å². The van der Waals surface area contributed by atoms with Crippen LogP contribution in [0.3, 0.4) is 0 Å². The summed E-state index contributed by atoms with van der Waals surface area (Å²) >= 11 is 1.30. The molecular weight excluding hydrogens is 467 g/mol. The van der Waals surface area contributed by atoms with E-state index in [4.69, 9.17) is 4.74 Å². The van der Waals surface area contributed by atoms with Gasteiger partial charge in [-0.15, -0.1) is 0 Å². The first-order valence-electron chi connectivity index (χ1n) is 11.1. The Morgan fingerprint density at radius 3 is 2.66 bits per heavy atom. The molecule has 4 aromatic rings. The van der Waals surface area contributed by atoms with Crippen LogP contribution in [0.2, 0.25) is 0 Å². The van der Waals surface area contributed by atoms with Crippen LogP contribution in [0.15, 0.2) is 48.7 Å². The normalized spacial score (nSPS) is 11.0. The number of amides is 1. The van der Waals surface area contributed by atoms with Crippen molar-refractivity contribution in [2.24, 2.45) is 0 Å². The van der Waals surface area contributed by atoms with E-state index in [9.17, 15) is 14.0 Å². The van der Waals surface area contributed by atoms with Crippen molar-refractivity contribution in [1.82, 2.24) is 14.9 Å². The number of hydrogen-bond acceptors (Lipinski definition) is 6. The molecule has 2 aromatic carbocycles. The molecule has 2 heterocycles. The molecule has 7 nitrogen and oxygen atoms in total. The number of halogens is 1. The lowest BCUT2D eigenvalue weighted by atomic mass is 10.1. The van der Waals surface area contributed by atoms with Crippen molar-refractivity contribution in [1.29, 1.82) is 0 Å². The highest BCUT2D eigenvalue weighted by atomic mass is 32.1. The fourth-order valence-corrected chi connectivity index (χ4v) is 4.77. The molecule has 0 fully saturated rings. The Morgan fingerprint density at radius 2 is 1.94 bits per heavy atom. The Bertz CT molecular complexity index is 1380. The molecule has 0 saturated heterocycles. The van der Waals surface area contributed by atoms with Gasteiger partial charge in [-0.2, -0.15) is 0 Å². The number of aryl methyl sites for hydroxylation is 1. The quantitative estimate of drug-likeness (QED) is 0.361. The van der Waals surface area contributed by atoms with E-state index in [-0.39, 0.29) is 24.6 Å². The van der Waals surface area contributed by atoms with E-state index in [1.54, 1.807) is 24.0 Å². The first-order valence-corrected chi connectivity index (χ1v) is 12.0. The van der Waals surface area contributed by atoms with Crippen molar-refractivity contribution in [2.75, 3.05) is 39.2 Å². The van der Waals surface area contributed by atoms with Gasteiger partial charge in [-0.25, -0.2) is 9.37 Å². The van der Waals surface area contributed by atoms with Gasteiger partial charge in [0.05, 0.1) is 12.0 Å². The standard InChI is InChI=1S/C26H27FN4O3S/c1-16-9-10-17(13-20(16)27)24-23(29-26(35-24)30(2)3)25(33)31(15-22(32)34-4)12-11-18-14-28-21-8-6-5-7-19(18)21/h5-10,13-14,28H,11-12,15H2,1-4H3. The molecule has 0 aliphatic heterocycles. The first-order chi connectivity index (χ1) is 16.8. The molecule has 35 heavy (non-hydrogen) atoms. The number of anilines is 1. The van der Waals surface area contributed by atoms with Gasteiger partial charge in [-0.05, 0) is 42.2 Å². The lowest BCUT2D eigenvalue weighted by molar-refractivity contribution is -0.141. The summed E-state index contributed by atoms with van der Waals surface area (Å²) in [5.74, 6) is -1.29. The summed E-state index contributed by atoms with van der Waals surface area (Å²) in [6.45, 7) is 1.76. The van der Waals surface area contributed by atoms with Gasteiger partial charge in [0.25, 0.3) is 5.91 Å². The van der Waals surface area contributed by atoms with Crippen LogP contribution in [0, 0.1) is 12.7 Å². The zero-order valence-corrected chi connectivity index (χ0v) is 20.9. The van der Waals surface area contributed by atoms with Crippen LogP contribution in [0.1, 0.15) is 21.6 Å². The molecular formula is C26H27FN4O3S. The molecule has 0 bridgehead atoms. The smallest absolute Gasteiger partial charge is 0.325 e. The number of benzene rings is 2. The van der Waals surface area contributed by atoms with Gasteiger partial charge in [0.2, 0.25) is 0 Å². The lowest BCUT2D eigenvalue weighted by Crippen LogP contribution is -2.38. The minimum absolute atomic E-state index is 0.185. The fourth-order valence-electron chi connectivity index (χ4n) is 3.79. The molecule has 0 radical (unpaired) electrons. The summed E-state index contributed by atoms with van der Waals surface area (Å²) in [5.41, 5.74) is 3.31. The molecule has 0 aliphatic rings. The van der Waals surface area contributed by atoms with Gasteiger partial charge in [-0.1, -0.05) is 41.7 Å². The average Bonchev–Trinajstić information content (AvgIpc) is 3.48. The predicted molar refractivity (Wildman–Crippen MR) is 136 cm³/mol. The number of aromatic amines is 1. The third-order valence-corrected chi connectivity index (χ3v) is 7.07. The van der Waals surface area contributed by atoms with Gasteiger partial charge >= 0.3 is 5.97 Å². The summed E-state index contributed by atoms with van der Waals surface area (Å²) in [4.78, 5) is 37.5. The third kappa shape index (κ3) is 5.19. The topological polar surface area (TPSA) is 78.5 Å². The molecule has 9 heteroatoms. The molecule has 2 aromatic heterocycles. The van der Waals surface area contributed by atoms with Gasteiger partial charge in [0.15, 0.2) is 5.13 Å². The van der Waals surface area contributed by atoms with E-state index >= 15 is 0 Å². The molecule has 0 unspecified atom stereocenters. The fraction of sp³-hybridized carbons (Fsp3) is 0.269. The molecule has 1 amide bonds. The van der Waals surface area contributed by atoms with Crippen molar-refractivity contribution in [2.45, 2.75) is 13.3 Å². The molecule has 0 spiro atoms. The maximum absolute atomic E-state index is 14.4. The zero-order chi connectivity index (χ0) is 25.1. The number of rotatable bonds is 8. The highest BCUT2D eigenvalue weighted by Crippen LogP contribution is 2.36. The van der Waals surface area contributed by atoms with Crippen molar-refractivity contribution >= 4 is 39.2 Å². The lowest BCUT2D eigenvalue weighted by Gasteiger charge is -2.21. The number of carbonyl (C=O) groups is 2. The number of nitrogens with zero attached hydrogens (tertiary/aromatic N) is 3. The maximum Gasteiger partial charge on any atom is 0.325 e. The number of esters is 1. The number of nitrogens with one attached hydrogen (secondary N) is 1. The highest BCUT2D eigenvalue weighted by molar-refractivity contribution is 7.19. The summed E-state index contributed by atoms with van der Waals surface area (Å²) in [5, 5.41) is 1.68. The number of thiazole rings is 1. The van der Waals surface area contributed by atoms with Crippen LogP contribution < -0.4 is 4.90 Å². The minimum atomic E-state index is -0.525. The van der Waals surface area contributed by atoms with E-state index in [1.165, 1.54) is 29.4 Å². The van der Waals surface area contributed by atoms with Crippen LogP contribution >= 0.6 is 11.3 Å². The number of carbonyl (C=O) groups excluding carboxylic acids is 2. The zero-order valence-electron chi connectivity index (χ0n) is 20.1. The molecule has 4 rings (SSSR count). The average molecular weight is 495 g/mol. The Balaban J connectivity index is 1.69. The number of H-pyrrole nitrogens is 1. The second kappa shape index (κ2) is 10.3. The van der Waals surface area contributed by atoms with Crippen LogP contribution in [0.4, 0.5) is 9.52 Å². The van der Waals surface area contributed by atoms with Crippen molar-refractivity contribution < 1.29 is 18.7 Å². The van der Waals surface area contributed by atoms with E-state index in [0.717, 1.165) is 16.5 Å². The van der Waals surface area contributed by atoms with Gasteiger partial charge in [-0.3, -0.25) is 9.59 Å².